The van der Waals surface area contributed by atoms with Gasteiger partial charge in [0, 0.05) is 0 Å². The molecule has 3 amide bonds. The quantitative estimate of drug-likeness (QED) is 0.467. The summed E-state index contributed by atoms with van der Waals surface area (Å²) in [5.74, 6) is -1.35. The van der Waals surface area contributed by atoms with Crippen LogP contribution in [0, 0.1) is 17.8 Å². The highest BCUT2D eigenvalue weighted by atomic mass is 16.6. The van der Waals surface area contributed by atoms with E-state index >= 15 is 0 Å². The van der Waals surface area contributed by atoms with Gasteiger partial charge in [0.1, 0.15) is 6.04 Å². The summed E-state index contributed by atoms with van der Waals surface area (Å²) in [5.41, 5.74) is 2.25. The maximum Gasteiger partial charge on any atom is 0.266 e. The molecule has 1 aliphatic heterocycles. The van der Waals surface area contributed by atoms with Gasteiger partial charge in [-0.05, 0) is 25.2 Å². The molecule has 2 rings (SSSR count). The average Bonchev–Trinajstić information content (AvgIpc) is 2.69. The van der Waals surface area contributed by atoms with Crippen LogP contribution in [0.3, 0.4) is 0 Å². The SMILES string of the molecule is CONC(=O)C(CC(C)C)N1C(=O)C2CC=CCC2C1=O. The Bertz CT molecular complexity index is 446. The highest BCUT2D eigenvalue weighted by molar-refractivity contribution is 6.08. The van der Waals surface area contributed by atoms with Crippen LogP contribution < -0.4 is 5.48 Å². The fourth-order valence-electron chi connectivity index (χ4n) is 3.08. The van der Waals surface area contributed by atoms with Gasteiger partial charge in [0.25, 0.3) is 5.91 Å². The minimum absolute atomic E-state index is 0.180. The van der Waals surface area contributed by atoms with Crippen molar-refractivity contribution in [2.45, 2.75) is 39.2 Å². The van der Waals surface area contributed by atoms with Gasteiger partial charge in [-0.3, -0.25) is 24.1 Å². The molecule has 3 atom stereocenters. The minimum atomic E-state index is -0.796. The third-order valence-corrected chi connectivity index (χ3v) is 4.05. The topological polar surface area (TPSA) is 75.7 Å². The Labute approximate surface area is 124 Å². The van der Waals surface area contributed by atoms with E-state index in [0.29, 0.717) is 19.3 Å². The molecule has 116 valence electrons. The van der Waals surface area contributed by atoms with Gasteiger partial charge < -0.3 is 0 Å². The lowest BCUT2D eigenvalue weighted by Gasteiger charge is -2.26. The molecule has 6 heteroatoms. The first-order valence-corrected chi connectivity index (χ1v) is 7.32. The third-order valence-electron chi connectivity index (χ3n) is 4.05. The summed E-state index contributed by atoms with van der Waals surface area (Å²) in [7, 11) is 1.33. The van der Waals surface area contributed by atoms with Gasteiger partial charge in [-0.2, -0.15) is 0 Å². The number of hydrogen-bond donors (Lipinski definition) is 1. The lowest BCUT2D eigenvalue weighted by molar-refractivity contribution is -0.152. The summed E-state index contributed by atoms with van der Waals surface area (Å²) in [5, 5.41) is 0. The Balaban J connectivity index is 2.25. The molecular weight excluding hydrogens is 272 g/mol. The number of imide groups is 1. The maximum atomic E-state index is 12.5. The molecule has 0 bridgehead atoms. The van der Waals surface area contributed by atoms with Crippen molar-refractivity contribution < 1.29 is 19.2 Å². The number of allylic oxidation sites excluding steroid dienone is 2. The highest BCUT2D eigenvalue weighted by Crippen LogP contribution is 2.36. The van der Waals surface area contributed by atoms with Crippen molar-refractivity contribution in [3.63, 3.8) is 0 Å². The molecule has 21 heavy (non-hydrogen) atoms. The molecule has 0 aromatic carbocycles. The zero-order valence-corrected chi connectivity index (χ0v) is 12.7. The summed E-state index contributed by atoms with van der Waals surface area (Å²) < 4.78 is 0. The summed E-state index contributed by atoms with van der Waals surface area (Å²) in [6.07, 6.45) is 5.45. The summed E-state index contributed by atoms with van der Waals surface area (Å²) >= 11 is 0. The Morgan fingerprint density at radius 2 is 1.81 bits per heavy atom. The standard InChI is InChI=1S/C15H22N2O4/c1-9(2)8-12(13(18)16-21-3)17-14(19)10-6-4-5-7-11(10)15(17)20/h4-5,9-12H,6-8H2,1-3H3,(H,16,18). The van der Waals surface area contributed by atoms with Gasteiger partial charge in [-0.1, -0.05) is 26.0 Å². The van der Waals surface area contributed by atoms with E-state index in [4.69, 9.17) is 0 Å². The summed E-state index contributed by atoms with van der Waals surface area (Å²) in [6, 6.07) is -0.796. The molecule has 0 aromatic heterocycles. The highest BCUT2D eigenvalue weighted by Gasteiger charge is 2.51. The lowest BCUT2D eigenvalue weighted by Crippen LogP contribution is -2.50. The Hall–Kier alpha value is -1.69. The number of hydroxylamine groups is 1. The van der Waals surface area contributed by atoms with Crippen LogP contribution in [0.25, 0.3) is 0 Å². The van der Waals surface area contributed by atoms with E-state index in [9.17, 15) is 14.4 Å². The van der Waals surface area contributed by atoms with Crippen molar-refractivity contribution in [2.24, 2.45) is 17.8 Å². The molecule has 0 saturated carbocycles. The number of likely N-dealkylation sites (tertiary alicyclic amines) is 1. The molecule has 6 nitrogen and oxygen atoms in total. The molecule has 0 aromatic rings. The maximum absolute atomic E-state index is 12.5. The molecule has 2 aliphatic rings. The Morgan fingerprint density at radius 1 is 1.29 bits per heavy atom. The molecule has 1 N–H and O–H groups in total. The first kappa shape index (κ1) is 15.7. The predicted octanol–water partition coefficient (Wildman–Crippen LogP) is 1.03. The molecule has 0 radical (unpaired) electrons. The van der Waals surface area contributed by atoms with Crippen LogP contribution in [0.4, 0.5) is 0 Å². The number of fused-ring (bicyclic) bond motifs is 1. The second-order valence-corrected chi connectivity index (χ2v) is 6.02. The molecule has 1 fully saturated rings. The first-order chi connectivity index (χ1) is 9.97. The van der Waals surface area contributed by atoms with Gasteiger partial charge in [-0.25, -0.2) is 5.48 Å². The Morgan fingerprint density at radius 3 is 2.24 bits per heavy atom. The van der Waals surface area contributed by atoms with Crippen molar-refractivity contribution >= 4 is 17.7 Å². The van der Waals surface area contributed by atoms with Crippen molar-refractivity contribution in [2.75, 3.05) is 7.11 Å². The molecule has 1 aliphatic carbocycles. The van der Waals surface area contributed by atoms with Gasteiger partial charge in [0.05, 0.1) is 18.9 Å². The smallest absolute Gasteiger partial charge is 0.266 e. The van der Waals surface area contributed by atoms with Crippen LogP contribution in [0.5, 0.6) is 0 Å². The zero-order chi connectivity index (χ0) is 15.6. The van der Waals surface area contributed by atoms with Crippen LogP contribution in [0.2, 0.25) is 0 Å². The second-order valence-electron chi connectivity index (χ2n) is 6.02. The summed E-state index contributed by atoms with van der Waals surface area (Å²) in [6.45, 7) is 3.90. The van der Waals surface area contributed by atoms with E-state index in [-0.39, 0.29) is 29.6 Å². The van der Waals surface area contributed by atoms with Gasteiger partial charge >= 0.3 is 0 Å². The van der Waals surface area contributed by atoms with Crippen LogP contribution in [0.15, 0.2) is 12.2 Å². The molecule has 1 saturated heterocycles. The van der Waals surface area contributed by atoms with E-state index in [0.717, 1.165) is 4.90 Å². The monoisotopic (exact) mass is 294 g/mol. The van der Waals surface area contributed by atoms with Crippen LogP contribution in [-0.4, -0.2) is 35.8 Å². The van der Waals surface area contributed by atoms with E-state index in [1.807, 2.05) is 26.0 Å². The van der Waals surface area contributed by atoms with Gasteiger partial charge in [0.2, 0.25) is 11.8 Å². The lowest BCUT2D eigenvalue weighted by atomic mass is 9.85. The number of nitrogens with zero attached hydrogens (tertiary/aromatic N) is 1. The number of rotatable bonds is 5. The minimum Gasteiger partial charge on any atom is -0.277 e. The molecule has 3 unspecified atom stereocenters. The van der Waals surface area contributed by atoms with E-state index < -0.39 is 11.9 Å². The predicted molar refractivity (Wildman–Crippen MR) is 75.6 cm³/mol. The Kier molecular flexibility index (Phi) is 4.77. The molecular formula is C15H22N2O4. The van der Waals surface area contributed by atoms with Crippen LogP contribution in [-0.2, 0) is 19.2 Å². The van der Waals surface area contributed by atoms with E-state index in [1.165, 1.54) is 7.11 Å². The number of hydrogen-bond acceptors (Lipinski definition) is 4. The van der Waals surface area contributed by atoms with Crippen LogP contribution >= 0.6 is 0 Å². The number of carbonyl (C=O) groups excluding carboxylic acids is 3. The largest absolute Gasteiger partial charge is 0.277 e. The van der Waals surface area contributed by atoms with Crippen molar-refractivity contribution in [1.82, 2.24) is 10.4 Å². The fourth-order valence-corrected chi connectivity index (χ4v) is 3.08. The van der Waals surface area contributed by atoms with Crippen molar-refractivity contribution in [3.8, 4) is 0 Å². The average molecular weight is 294 g/mol. The number of amides is 3. The van der Waals surface area contributed by atoms with Gasteiger partial charge in [0.15, 0.2) is 0 Å². The van der Waals surface area contributed by atoms with E-state index in [1.54, 1.807) is 0 Å². The zero-order valence-electron chi connectivity index (χ0n) is 12.7. The first-order valence-electron chi connectivity index (χ1n) is 7.32. The van der Waals surface area contributed by atoms with E-state index in [2.05, 4.69) is 10.3 Å². The third kappa shape index (κ3) is 3.00. The molecule has 0 spiro atoms. The number of carbonyl (C=O) groups is 3. The molecule has 1 heterocycles. The fraction of sp³-hybridized carbons (Fsp3) is 0.667. The van der Waals surface area contributed by atoms with Crippen molar-refractivity contribution in [1.29, 1.82) is 0 Å². The van der Waals surface area contributed by atoms with Crippen LogP contribution in [0.1, 0.15) is 33.1 Å². The van der Waals surface area contributed by atoms with Crippen molar-refractivity contribution in [3.05, 3.63) is 12.2 Å². The van der Waals surface area contributed by atoms with Gasteiger partial charge in [-0.15, -0.1) is 0 Å². The summed E-state index contributed by atoms with van der Waals surface area (Å²) in [4.78, 5) is 43.0. The number of nitrogens with one attached hydrogen (secondary N) is 1. The normalized spacial score (nSPS) is 26.2. The second kappa shape index (κ2) is 6.39.